The fourth-order valence-corrected chi connectivity index (χ4v) is 4.71. The summed E-state index contributed by atoms with van der Waals surface area (Å²) in [4.78, 5) is 40.1. The number of nitrogens with one attached hydrogen (secondary N) is 1. The summed E-state index contributed by atoms with van der Waals surface area (Å²) in [7, 11) is -4.27. The maximum absolute atomic E-state index is 13.2. The number of piperazine rings is 1. The molecular formula is C21H22FN3O5S. The minimum absolute atomic E-state index is 0.0175. The van der Waals surface area contributed by atoms with Gasteiger partial charge in [-0.3, -0.25) is 14.4 Å². The van der Waals surface area contributed by atoms with Gasteiger partial charge in [-0.15, -0.1) is 0 Å². The highest BCUT2D eigenvalue weighted by molar-refractivity contribution is 7.92. The summed E-state index contributed by atoms with van der Waals surface area (Å²) >= 11 is 0. The Hall–Kier alpha value is -3.27. The molecule has 0 radical (unpaired) electrons. The number of rotatable bonds is 5. The number of carbonyl (C=O) groups is 3. The molecule has 0 aliphatic carbocycles. The third-order valence-electron chi connectivity index (χ3n) is 5.01. The van der Waals surface area contributed by atoms with Crippen molar-refractivity contribution in [3.05, 3.63) is 66.0 Å². The van der Waals surface area contributed by atoms with Crippen LogP contribution < -0.4 is 5.32 Å². The van der Waals surface area contributed by atoms with Gasteiger partial charge >= 0.3 is 0 Å². The summed E-state index contributed by atoms with van der Waals surface area (Å²) in [6.07, 6.45) is 0. The van der Waals surface area contributed by atoms with Crippen molar-refractivity contribution in [1.29, 1.82) is 0 Å². The van der Waals surface area contributed by atoms with Gasteiger partial charge in [-0.25, -0.2) is 12.8 Å². The minimum atomic E-state index is -4.27. The van der Waals surface area contributed by atoms with Crippen LogP contribution in [0.4, 0.5) is 4.39 Å². The lowest BCUT2D eigenvalue weighted by Crippen LogP contribution is -2.57. The lowest BCUT2D eigenvalue weighted by molar-refractivity contribution is -0.138. The topological polar surface area (TPSA) is 104 Å². The molecule has 0 saturated carbocycles. The monoisotopic (exact) mass is 447 g/mol. The summed E-state index contributed by atoms with van der Waals surface area (Å²) in [6.45, 7) is 2.25. The fraction of sp³-hybridized carbons (Fsp3) is 0.286. The number of benzene rings is 2. The fourth-order valence-electron chi connectivity index (χ4n) is 3.23. The Kier molecular flexibility index (Phi) is 6.69. The lowest BCUT2D eigenvalue weighted by Gasteiger charge is -2.36. The van der Waals surface area contributed by atoms with Gasteiger partial charge in [0.1, 0.15) is 5.82 Å². The van der Waals surface area contributed by atoms with Gasteiger partial charge in [0.15, 0.2) is 0 Å². The minimum Gasteiger partial charge on any atom is -0.339 e. The number of hydrogen-bond acceptors (Lipinski definition) is 5. The molecule has 1 saturated heterocycles. The Morgan fingerprint density at radius 1 is 0.903 bits per heavy atom. The van der Waals surface area contributed by atoms with Crippen molar-refractivity contribution in [1.82, 2.24) is 15.1 Å². The maximum Gasteiger partial charge on any atom is 0.261 e. The van der Waals surface area contributed by atoms with E-state index in [1.54, 1.807) is 11.0 Å². The average molecular weight is 447 g/mol. The second-order valence-electron chi connectivity index (χ2n) is 7.05. The van der Waals surface area contributed by atoms with Crippen LogP contribution >= 0.6 is 0 Å². The Labute approximate surface area is 179 Å². The number of nitrogens with zero attached hydrogens (tertiary/aromatic N) is 2. The summed E-state index contributed by atoms with van der Waals surface area (Å²) in [5.74, 6) is -2.29. The zero-order valence-electron chi connectivity index (χ0n) is 16.8. The molecule has 0 aromatic heterocycles. The predicted molar refractivity (Wildman–Crippen MR) is 110 cm³/mol. The van der Waals surface area contributed by atoms with E-state index in [0.29, 0.717) is 0 Å². The van der Waals surface area contributed by atoms with E-state index in [-0.39, 0.29) is 42.5 Å². The van der Waals surface area contributed by atoms with E-state index in [2.05, 4.69) is 5.32 Å². The van der Waals surface area contributed by atoms with E-state index in [4.69, 9.17) is 0 Å². The van der Waals surface area contributed by atoms with Crippen LogP contribution in [0.1, 0.15) is 17.3 Å². The summed E-state index contributed by atoms with van der Waals surface area (Å²) in [5.41, 5.74) is 0.0175. The largest absolute Gasteiger partial charge is 0.339 e. The van der Waals surface area contributed by atoms with Crippen molar-refractivity contribution < 1.29 is 27.2 Å². The molecule has 3 amide bonds. The van der Waals surface area contributed by atoms with Crippen LogP contribution in [-0.2, 0) is 19.4 Å². The van der Waals surface area contributed by atoms with Crippen LogP contribution in [0.2, 0.25) is 0 Å². The molecule has 8 nitrogen and oxygen atoms in total. The van der Waals surface area contributed by atoms with Crippen LogP contribution in [0.25, 0.3) is 0 Å². The van der Waals surface area contributed by atoms with Gasteiger partial charge in [0.25, 0.3) is 11.8 Å². The zero-order chi connectivity index (χ0) is 22.6. The van der Waals surface area contributed by atoms with E-state index in [1.165, 1.54) is 48.2 Å². The number of carbonyl (C=O) groups excluding carboxylic acids is 3. The van der Waals surface area contributed by atoms with Gasteiger partial charge in [-0.1, -0.05) is 18.2 Å². The van der Waals surface area contributed by atoms with Crippen molar-refractivity contribution in [2.45, 2.75) is 17.2 Å². The van der Waals surface area contributed by atoms with Crippen LogP contribution in [0.5, 0.6) is 0 Å². The van der Waals surface area contributed by atoms with E-state index < -0.39 is 32.8 Å². The molecule has 31 heavy (non-hydrogen) atoms. The number of sulfone groups is 1. The van der Waals surface area contributed by atoms with Crippen molar-refractivity contribution in [2.24, 2.45) is 0 Å². The molecule has 1 atom stereocenters. The number of amides is 3. The number of halogens is 1. The smallest absolute Gasteiger partial charge is 0.261 e. The van der Waals surface area contributed by atoms with Gasteiger partial charge in [-0.2, -0.15) is 0 Å². The van der Waals surface area contributed by atoms with Crippen molar-refractivity contribution >= 4 is 27.6 Å². The van der Waals surface area contributed by atoms with E-state index in [9.17, 15) is 27.2 Å². The van der Waals surface area contributed by atoms with Gasteiger partial charge in [-0.05, 0) is 36.4 Å². The normalized spacial score (nSPS) is 15.3. The van der Waals surface area contributed by atoms with Crippen molar-refractivity contribution in [3.8, 4) is 0 Å². The molecule has 1 aliphatic rings. The Balaban J connectivity index is 1.89. The van der Waals surface area contributed by atoms with Gasteiger partial charge in [0.05, 0.1) is 4.90 Å². The summed E-state index contributed by atoms with van der Waals surface area (Å²) in [6, 6.07) is 11.9. The molecule has 1 heterocycles. The second-order valence-corrected chi connectivity index (χ2v) is 9.08. The highest BCUT2D eigenvalue weighted by Crippen LogP contribution is 2.18. The molecule has 1 unspecified atom stereocenters. The van der Waals surface area contributed by atoms with Crippen molar-refractivity contribution in [2.75, 3.05) is 26.2 Å². The summed E-state index contributed by atoms with van der Waals surface area (Å²) in [5, 5.41) is 0.437. The molecule has 2 aromatic rings. The Morgan fingerprint density at radius 2 is 1.45 bits per heavy atom. The SMILES string of the molecule is CC(=O)N1CCN(C(=O)C(NC(=O)c2ccc(F)cc2)S(=O)(=O)c2ccccc2)CC1. The van der Waals surface area contributed by atoms with E-state index in [0.717, 1.165) is 12.1 Å². The molecule has 1 aliphatic heterocycles. The Bertz CT molecular complexity index is 1070. The first-order chi connectivity index (χ1) is 14.7. The highest BCUT2D eigenvalue weighted by atomic mass is 32.2. The maximum atomic E-state index is 13.2. The average Bonchev–Trinajstić information content (AvgIpc) is 2.78. The molecule has 164 valence electrons. The summed E-state index contributed by atoms with van der Waals surface area (Å²) < 4.78 is 39.6. The third kappa shape index (κ3) is 5.08. The van der Waals surface area contributed by atoms with Gasteiger partial charge in [0.2, 0.25) is 21.1 Å². The second kappa shape index (κ2) is 9.25. The molecule has 10 heteroatoms. The standard InChI is InChI=1S/C21H22FN3O5S/c1-15(26)24-11-13-25(14-12-24)21(28)20(31(29,30)18-5-3-2-4-6-18)23-19(27)16-7-9-17(22)10-8-16/h2-10,20H,11-14H2,1H3,(H,23,27). The zero-order valence-corrected chi connectivity index (χ0v) is 17.6. The molecular weight excluding hydrogens is 425 g/mol. The molecule has 1 fully saturated rings. The predicted octanol–water partition coefficient (Wildman–Crippen LogP) is 1.05. The first-order valence-corrected chi connectivity index (χ1v) is 11.1. The van der Waals surface area contributed by atoms with Crippen molar-refractivity contribution in [3.63, 3.8) is 0 Å². The van der Waals surface area contributed by atoms with Crippen LogP contribution in [0.15, 0.2) is 59.5 Å². The van der Waals surface area contributed by atoms with Gasteiger partial charge < -0.3 is 15.1 Å². The Morgan fingerprint density at radius 3 is 2.00 bits per heavy atom. The van der Waals surface area contributed by atoms with E-state index in [1.807, 2.05) is 0 Å². The first kappa shape index (κ1) is 22.4. The van der Waals surface area contributed by atoms with Crippen LogP contribution in [0.3, 0.4) is 0 Å². The molecule has 2 aromatic carbocycles. The van der Waals surface area contributed by atoms with E-state index >= 15 is 0 Å². The van der Waals surface area contributed by atoms with Crippen LogP contribution in [0, 0.1) is 5.82 Å². The number of hydrogen-bond donors (Lipinski definition) is 1. The van der Waals surface area contributed by atoms with Gasteiger partial charge in [0, 0.05) is 38.7 Å². The highest BCUT2D eigenvalue weighted by Gasteiger charge is 2.39. The molecule has 0 bridgehead atoms. The molecule has 3 rings (SSSR count). The first-order valence-electron chi connectivity index (χ1n) is 9.60. The third-order valence-corrected chi connectivity index (χ3v) is 6.88. The molecule has 1 N–H and O–H groups in total. The quantitative estimate of drug-likeness (QED) is 0.738. The lowest BCUT2D eigenvalue weighted by atomic mass is 10.2. The van der Waals surface area contributed by atoms with Crippen LogP contribution in [-0.4, -0.2) is 67.5 Å². The molecule has 0 spiro atoms.